The fourth-order valence-electron chi connectivity index (χ4n) is 3.51. The number of benzene rings is 2. The highest BCUT2D eigenvalue weighted by Crippen LogP contribution is 2.35. The summed E-state index contributed by atoms with van der Waals surface area (Å²) in [6.07, 6.45) is 0. The molecule has 0 aliphatic carbocycles. The molecule has 1 aliphatic heterocycles. The molecule has 0 radical (unpaired) electrons. The summed E-state index contributed by atoms with van der Waals surface area (Å²) in [7, 11) is 1.57. The zero-order valence-electron chi connectivity index (χ0n) is 17.5. The van der Waals surface area contributed by atoms with E-state index in [4.69, 9.17) is 18.9 Å². The van der Waals surface area contributed by atoms with Gasteiger partial charge >= 0.3 is 0 Å². The molecule has 1 amide bonds. The summed E-state index contributed by atoms with van der Waals surface area (Å²) in [5, 5.41) is 0.799. The van der Waals surface area contributed by atoms with Gasteiger partial charge in [-0.2, -0.15) is 0 Å². The highest BCUT2D eigenvalue weighted by atomic mass is 16.7. The number of H-pyrrole nitrogens is 1. The number of nitrogens with one attached hydrogen (secondary N) is 1. The first kappa shape index (κ1) is 20.7. The van der Waals surface area contributed by atoms with Gasteiger partial charge in [-0.25, -0.2) is 0 Å². The maximum atomic E-state index is 13.3. The van der Waals surface area contributed by atoms with E-state index < -0.39 is 0 Å². The van der Waals surface area contributed by atoms with Crippen LogP contribution in [0.5, 0.6) is 17.2 Å². The number of pyridine rings is 1. The van der Waals surface area contributed by atoms with Crippen LogP contribution in [0.2, 0.25) is 0 Å². The predicted molar refractivity (Wildman–Crippen MR) is 115 cm³/mol. The highest BCUT2D eigenvalue weighted by molar-refractivity contribution is 5.97. The van der Waals surface area contributed by atoms with E-state index in [9.17, 15) is 9.59 Å². The average Bonchev–Trinajstić information content (AvgIpc) is 3.23. The second kappa shape index (κ2) is 9.09. The van der Waals surface area contributed by atoms with E-state index in [0.29, 0.717) is 53.7 Å². The number of aromatic nitrogens is 1. The van der Waals surface area contributed by atoms with Crippen molar-refractivity contribution < 1.29 is 23.7 Å². The number of hydrogen-bond donors (Lipinski definition) is 1. The largest absolute Gasteiger partial charge is 0.493 e. The van der Waals surface area contributed by atoms with Crippen LogP contribution < -0.4 is 19.8 Å². The van der Waals surface area contributed by atoms with Gasteiger partial charge in [-0.05, 0) is 31.2 Å². The second-order valence-corrected chi connectivity index (χ2v) is 7.07. The fraction of sp³-hybridized carbons (Fsp3) is 0.304. The monoisotopic (exact) mass is 424 g/mol. The van der Waals surface area contributed by atoms with Gasteiger partial charge in [0, 0.05) is 30.7 Å². The lowest BCUT2D eigenvalue weighted by Gasteiger charge is -2.23. The summed E-state index contributed by atoms with van der Waals surface area (Å²) < 4.78 is 21.6. The number of rotatable bonds is 8. The molecule has 1 N–H and O–H groups in total. The molecule has 0 unspecified atom stereocenters. The first-order chi connectivity index (χ1) is 15.1. The van der Waals surface area contributed by atoms with Crippen molar-refractivity contribution in [2.75, 3.05) is 33.7 Å². The number of fused-ring (bicyclic) bond motifs is 2. The Kier molecular flexibility index (Phi) is 6.08. The van der Waals surface area contributed by atoms with Gasteiger partial charge in [-0.15, -0.1) is 0 Å². The molecule has 1 aliphatic rings. The lowest BCUT2D eigenvalue weighted by Crippen LogP contribution is -2.35. The van der Waals surface area contributed by atoms with Crippen LogP contribution >= 0.6 is 0 Å². The zero-order valence-corrected chi connectivity index (χ0v) is 17.5. The van der Waals surface area contributed by atoms with Crippen LogP contribution in [-0.2, 0) is 11.3 Å². The Morgan fingerprint density at radius 3 is 2.71 bits per heavy atom. The van der Waals surface area contributed by atoms with E-state index in [-0.39, 0.29) is 24.8 Å². The number of aromatic amines is 1. The molecular formula is C23H24N2O6. The minimum Gasteiger partial charge on any atom is -0.493 e. The number of nitrogens with zero attached hydrogens (tertiary/aromatic N) is 1. The van der Waals surface area contributed by atoms with E-state index >= 15 is 0 Å². The molecule has 3 aromatic rings. The van der Waals surface area contributed by atoms with Crippen LogP contribution in [0, 0.1) is 0 Å². The lowest BCUT2D eigenvalue weighted by atomic mass is 10.1. The molecule has 1 aromatic heterocycles. The highest BCUT2D eigenvalue weighted by Gasteiger charge is 2.22. The molecule has 162 valence electrons. The Morgan fingerprint density at radius 2 is 1.94 bits per heavy atom. The van der Waals surface area contributed by atoms with Crippen molar-refractivity contribution in [3.05, 3.63) is 63.9 Å². The van der Waals surface area contributed by atoms with Crippen LogP contribution in [0.1, 0.15) is 22.8 Å². The van der Waals surface area contributed by atoms with Gasteiger partial charge in [0.1, 0.15) is 5.75 Å². The summed E-state index contributed by atoms with van der Waals surface area (Å²) in [6, 6.07) is 12.4. The van der Waals surface area contributed by atoms with Crippen LogP contribution in [-0.4, -0.2) is 49.5 Å². The molecule has 0 bridgehead atoms. The van der Waals surface area contributed by atoms with E-state index in [0.717, 1.165) is 5.39 Å². The first-order valence-electron chi connectivity index (χ1n) is 10.1. The molecule has 8 nitrogen and oxygen atoms in total. The number of methoxy groups -OCH3 is 1. The summed E-state index contributed by atoms with van der Waals surface area (Å²) in [4.78, 5) is 30.5. The Balaban J connectivity index is 1.67. The van der Waals surface area contributed by atoms with Gasteiger partial charge in [0.2, 0.25) is 6.79 Å². The van der Waals surface area contributed by atoms with Crippen LogP contribution in [0.15, 0.2) is 47.3 Å². The van der Waals surface area contributed by atoms with Crippen molar-refractivity contribution in [2.24, 2.45) is 0 Å². The summed E-state index contributed by atoms with van der Waals surface area (Å²) in [5.74, 6) is 1.51. The van der Waals surface area contributed by atoms with E-state index in [2.05, 4.69) is 4.98 Å². The second-order valence-electron chi connectivity index (χ2n) is 7.07. The van der Waals surface area contributed by atoms with Gasteiger partial charge in [0.25, 0.3) is 11.5 Å². The zero-order chi connectivity index (χ0) is 21.8. The van der Waals surface area contributed by atoms with E-state index in [1.807, 2.05) is 19.1 Å². The van der Waals surface area contributed by atoms with Gasteiger partial charge in [0.15, 0.2) is 11.5 Å². The third kappa shape index (κ3) is 4.34. The van der Waals surface area contributed by atoms with E-state index in [1.54, 1.807) is 42.3 Å². The van der Waals surface area contributed by atoms with Crippen molar-refractivity contribution >= 4 is 16.8 Å². The molecule has 0 saturated carbocycles. The van der Waals surface area contributed by atoms with Gasteiger partial charge in [-0.1, -0.05) is 12.1 Å². The summed E-state index contributed by atoms with van der Waals surface area (Å²) >= 11 is 0. The number of hydrogen-bond acceptors (Lipinski definition) is 6. The Bertz CT molecular complexity index is 1160. The number of carbonyl (C=O) groups excluding carboxylic acids is 1. The molecule has 8 heteroatoms. The summed E-state index contributed by atoms with van der Waals surface area (Å²) in [5.41, 5.74) is 1.29. The molecule has 0 atom stereocenters. The number of carbonyl (C=O) groups is 1. The van der Waals surface area contributed by atoms with Crippen molar-refractivity contribution in [2.45, 2.75) is 13.5 Å². The van der Waals surface area contributed by atoms with Crippen molar-refractivity contribution in [1.82, 2.24) is 9.88 Å². The van der Waals surface area contributed by atoms with Crippen molar-refractivity contribution in [3.63, 3.8) is 0 Å². The van der Waals surface area contributed by atoms with Crippen LogP contribution in [0.4, 0.5) is 0 Å². The van der Waals surface area contributed by atoms with Gasteiger partial charge in [0.05, 0.1) is 30.8 Å². The topological polar surface area (TPSA) is 90.1 Å². The fourth-order valence-corrected chi connectivity index (χ4v) is 3.51. The van der Waals surface area contributed by atoms with Gasteiger partial charge in [-0.3, -0.25) is 9.59 Å². The number of amides is 1. The molecule has 31 heavy (non-hydrogen) atoms. The Labute approximate surface area is 179 Å². The minimum absolute atomic E-state index is 0.127. The maximum Gasteiger partial charge on any atom is 0.258 e. The van der Waals surface area contributed by atoms with Crippen LogP contribution in [0.25, 0.3) is 10.9 Å². The summed E-state index contributed by atoms with van der Waals surface area (Å²) in [6.45, 7) is 3.26. The average molecular weight is 424 g/mol. The molecule has 2 aromatic carbocycles. The van der Waals surface area contributed by atoms with Crippen molar-refractivity contribution in [1.29, 1.82) is 0 Å². The third-order valence-corrected chi connectivity index (χ3v) is 5.05. The lowest BCUT2D eigenvalue weighted by molar-refractivity contribution is 0.0675. The number of ether oxygens (including phenoxy) is 4. The number of para-hydroxylation sites is 1. The standard InChI is InChI=1S/C23H24N2O6/c1-3-29-19-7-5-4-6-17(19)23(27)25(8-9-28-2)13-16-10-15-11-20-21(31-14-30-20)12-18(15)24-22(16)26/h4-7,10-12H,3,8-9,13-14H2,1-2H3,(H,24,26). The molecular weight excluding hydrogens is 400 g/mol. The molecule has 0 saturated heterocycles. The smallest absolute Gasteiger partial charge is 0.258 e. The molecule has 4 rings (SSSR count). The minimum atomic E-state index is -0.264. The SMILES string of the molecule is CCOc1ccccc1C(=O)N(CCOC)Cc1cc2cc3c(cc2[nH]c1=O)OCO3. The van der Waals surface area contributed by atoms with Gasteiger partial charge < -0.3 is 28.8 Å². The quantitative estimate of drug-likeness (QED) is 0.598. The Hall–Kier alpha value is -3.52. The normalized spacial score (nSPS) is 12.2. The predicted octanol–water partition coefficient (Wildman–Crippen LogP) is 2.94. The van der Waals surface area contributed by atoms with E-state index in [1.165, 1.54) is 0 Å². The van der Waals surface area contributed by atoms with Crippen molar-refractivity contribution in [3.8, 4) is 17.2 Å². The maximum absolute atomic E-state index is 13.3. The Morgan fingerprint density at radius 1 is 1.16 bits per heavy atom. The van der Waals surface area contributed by atoms with Crippen LogP contribution in [0.3, 0.4) is 0 Å². The first-order valence-corrected chi connectivity index (χ1v) is 10.1. The molecule has 2 heterocycles. The molecule has 0 spiro atoms. The molecule has 0 fully saturated rings. The third-order valence-electron chi connectivity index (χ3n) is 5.05.